The third-order valence-electron chi connectivity index (χ3n) is 3.35. The van der Waals surface area contributed by atoms with Crippen molar-refractivity contribution in [3.05, 3.63) is 35.4 Å². The average Bonchev–Trinajstić information content (AvgIpc) is 2.40. The minimum absolute atomic E-state index is 0.0558. The predicted octanol–water partition coefficient (Wildman–Crippen LogP) is 1.98. The van der Waals surface area contributed by atoms with E-state index in [1.165, 1.54) is 12.1 Å². The van der Waals surface area contributed by atoms with Gasteiger partial charge in [0.05, 0.1) is 18.4 Å². The number of ether oxygens (including phenoxy) is 1. The molecule has 1 heterocycles. The third-order valence-corrected chi connectivity index (χ3v) is 4.19. The van der Waals surface area contributed by atoms with Crippen LogP contribution in [0.1, 0.15) is 11.1 Å². The molecule has 0 amide bonds. The molecule has 1 aromatic carbocycles. The number of benzene rings is 1. The molecule has 0 bridgehead atoms. The number of nitrogens with one attached hydrogen (secondary N) is 1. The van der Waals surface area contributed by atoms with Gasteiger partial charge in [-0.15, -0.1) is 0 Å². The fraction of sp³-hybridized carbons (Fsp3) is 0.571. The summed E-state index contributed by atoms with van der Waals surface area (Å²) in [5.74, 6) is 0.500. The van der Waals surface area contributed by atoms with Crippen molar-refractivity contribution in [3.63, 3.8) is 0 Å². The zero-order valence-corrected chi connectivity index (χ0v) is 12.5. The molecule has 1 fully saturated rings. The first-order chi connectivity index (χ1) is 9.84. The van der Waals surface area contributed by atoms with Gasteiger partial charge in [-0.05, 0) is 24.1 Å². The minimum Gasteiger partial charge on any atom is -0.616 e. The van der Waals surface area contributed by atoms with E-state index in [2.05, 4.69) is 5.32 Å². The summed E-state index contributed by atoms with van der Waals surface area (Å²) in [6.07, 6.45) is -2.11. The van der Waals surface area contributed by atoms with Crippen molar-refractivity contribution in [2.45, 2.75) is 24.7 Å². The van der Waals surface area contributed by atoms with Crippen LogP contribution in [0.25, 0.3) is 0 Å². The Kier molecular flexibility index (Phi) is 5.54. The molecule has 0 saturated carbocycles. The highest BCUT2D eigenvalue weighted by atomic mass is 32.2. The second-order valence-corrected chi connectivity index (χ2v) is 6.68. The molecule has 118 valence electrons. The van der Waals surface area contributed by atoms with Gasteiger partial charge >= 0.3 is 6.18 Å². The quantitative estimate of drug-likeness (QED) is 0.863. The van der Waals surface area contributed by atoms with Crippen LogP contribution in [-0.4, -0.2) is 41.9 Å². The first kappa shape index (κ1) is 16.6. The van der Waals surface area contributed by atoms with E-state index in [-0.39, 0.29) is 12.1 Å². The molecule has 0 aromatic heterocycles. The second-order valence-electron chi connectivity index (χ2n) is 5.20. The van der Waals surface area contributed by atoms with Crippen LogP contribution in [0, 0.1) is 0 Å². The Balaban J connectivity index is 1.83. The molecule has 1 aliphatic heterocycles. The van der Waals surface area contributed by atoms with Gasteiger partial charge in [0.1, 0.15) is 11.9 Å². The highest BCUT2D eigenvalue weighted by Gasteiger charge is 2.30. The highest BCUT2D eigenvalue weighted by molar-refractivity contribution is 7.90. The Labute approximate surface area is 125 Å². The predicted molar refractivity (Wildman–Crippen MR) is 75.6 cm³/mol. The monoisotopic (exact) mass is 321 g/mol. The van der Waals surface area contributed by atoms with E-state index >= 15 is 0 Å². The number of rotatable bonds is 4. The summed E-state index contributed by atoms with van der Waals surface area (Å²) in [4.78, 5) is 0. The number of alkyl halides is 3. The van der Waals surface area contributed by atoms with E-state index in [0.29, 0.717) is 25.3 Å². The summed E-state index contributed by atoms with van der Waals surface area (Å²) in [5, 5.41) is 3.29. The Morgan fingerprint density at radius 3 is 2.48 bits per heavy atom. The zero-order valence-electron chi connectivity index (χ0n) is 11.7. The van der Waals surface area contributed by atoms with Gasteiger partial charge in [-0.25, -0.2) is 0 Å². The van der Waals surface area contributed by atoms with Crippen molar-refractivity contribution in [2.24, 2.45) is 0 Å². The normalized spacial score (nSPS) is 24.8. The lowest BCUT2D eigenvalue weighted by atomic mass is 10.0. The zero-order chi connectivity index (χ0) is 15.5. The SMILES string of the molecule is C[S+]([O-])CC1CNC(Cc2ccc(C(F)(F)F)cc2)CO1. The lowest BCUT2D eigenvalue weighted by molar-refractivity contribution is -0.137. The number of hydrogen-bond donors (Lipinski definition) is 1. The third kappa shape index (κ3) is 5.18. The van der Waals surface area contributed by atoms with Crippen molar-refractivity contribution in [2.75, 3.05) is 25.2 Å². The van der Waals surface area contributed by atoms with Crippen LogP contribution in [0.15, 0.2) is 24.3 Å². The van der Waals surface area contributed by atoms with Crippen LogP contribution < -0.4 is 5.32 Å². The minimum atomic E-state index is -4.30. The molecule has 2 rings (SSSR count). The van der Waals surface area contributed by atoms with Gasteiger partial charge in [-0.1, -0.05) is 23.3 Å². The van der Waals surface area contributed by atoms with Crippen LogP contribution in [0.4, 0.5) is 13.2 Å². The second kappa shape index (κ2) is 7.00. The summed E-state index contributed by atoms with van der Waals surface area (Å²) >= 11 is -0.895. The van der Waals surface area contributed by atoms with Gasteiger partial charge in [0.25, 0.3) is 0 Å². The largest absolute Gasteiger partial charge is 0.616 e. The molecular weight excluding hydrogens is 303 g/mol. The van der Waals surface area contributed by atoms with E-state index < -0.39 is 22.9 Å². The summed E-state index contributed by atoms with van der Waals surface area (Å²) in [6.45, 7) is 1.09. The van der Waals surface area contributed by atoms with Crippen LogP contribution in [-0.2, 0) is 28.5 Å². The van der Waals surface area contributed by atoms with E-state index in [0.717, 1.165) is 17.7 Å². The van der Waals surface area contributed by atoms with Gasteiger partial charge in [-0.2, -0.15) is 13.2 Å². The standard InChI is InChI=1S/C14H18F3NO2S/c1-21(19)9-13-7-18-12(8-20-13)6-10-2-4-11(5-3-10)14(15,16)17/h2-5,12-13,18H,6-9H2,1H3. The number of halogens is 3. The van der Waals surface area contributed by atoms with Gasteiger partial charge in [0.2, 0.25) is 0 Å². The van der Waals surface area contributed by atoms with Crippen molar-refractivity contribution in [3.8, 4) is 0 Å². The molecule has 3 nitrogen and oxygen atoms in total. The Hall–Kier alpha value is -0.760. The summed E-state index contributed by atoms with van der Waals surface area (Å²) in [6, 6.07) is 5.27. The maximum atomic E-state index is 12.5. The molecule has 1 N–H and O–H groups in total. The highest BCUT2D eigenvalue weighted by Crippen LogP contribution is 2.29. The lowest BCUT2D eigenvalue weighted by Gasteiger charge is -2.30. The molecule has 3 atom stereocenters. The molecular formula is C14H18F3NO2S. The molecule has 1 saturated heterocycles. The van der Waals surface area contributed by atoms with E-state index in [1.807, 2.05) is 0 Å². The number of morpholine rings is 1. The Morgan fingerprint density at radius 2 is 2.00 bits per heavy atom. The maximum Gasteiger partial charge on any atom is 0.416 e. The smallest absolute Gasteiger partial charge is 0.416 e. The Morgan fingerprint density at radius 1 is 1.33 bits per heavy atom. The van der Waals surface area contributed by atoms with E-state index in [1.54, 1.807) is 6.26 Å². The molecule has 0 aliphatic carbocycles. The first-order valence-electron chi connectivity index (χ1n) is 6.66. The molecule has 1 aromatic rings. The van der Waals surface area contributed by atoms with Crippen molar-refractivity contribution < 1.29 is 22.5 Å². The molecule has 7 heteroatoms. The van der Waals surface area contributed by atoms with Crippen molar-refractivity contribution >= 4 is 11.2 Å². The maximum absolute atomic E-state index is 12.5. The summed E-state index contributed by atoms with van der Waals surface area (Å²) < 4.78 is 54.1. The van der Waals surface area contributed by atoms with Gasteiger partial charge < -0.3 is 14.6 Å². The topological polar surface area (TPSA) is 44.3 Å². The van der Waals surface area contributed by atoms with Gasteiger partial charge in [0.15, 0.2) is 0 Å². The number of hydrogen-bond acceptors (Lipinski definition) is 3. The van der Waals surface area contributed by atoms with E-state index in [4.69, 9.17) is 4.74 Å². The fourth-order valence-corrected chi connectivity index (χ4v) is 3.02. The van der Waals surface area contributed by atoms with Gasteiger partial charge in [-0.3, -0.25) is 0 Å². The summed E-state index contributed by atoms with van der Waals surface area (Å²) in [7, 11) is 0. The first-order valence-corrected chi connectivity index (χ1v) is 8.38. The van der Waals surface area contributed by atoms with Crippen molar-refractivity contribution in [1.29, 1.82) is 0 Å². The van der Waals surface area contributed by atoms with Gasteiger partial charge in [0, 0.05) is 12.6 Å². The fourth-order valence-electron chi connectivity index (χ4n) is 2.28. The molecule has 3 unspecified atom stereocenters. The summed E-state index contributed by atoms with van der Waals surface area (Å²) in [5.41, 5.74) is 0.200. The van der Waals surface area contributed by atoms with Crippen LogP contribution in [0.5, 0.6) is 0 Å². The molecule has 0 radical (unpaired) electrons. The van der Waals surface area contributed by atoms with Crippen LogP contribution in [0.2, 0.25) is 0 Å². The lowest BCUT2D eigenvalue weighted by Crippen LogP contribution is -2.49. The average molecular weight is 321 g/mol. The van der Waals surface area contributed by atoms with E-state index in [9.17, 15) is 17.7 Å². The van der Waals surface area contributed by atoms with Crippen molar-refractivity contribution in [1.82, 2.24) is 5.32 Å². The molecule has 0 spiro atoms. The molecule has 21 heavy (non-hydrogen) atoms. The molecule has 1 aliphatic rings. The van der Waals surface area contributed by atoms with Crippen LogP contribution in [0.3, 0.4) is 0 Å². The Bertz CT molecular complexity index is 443. The van der Waals surface area contributed by atoms with Crippen LogP contribution >= 0.6 is 0 Å².